The van der Waals surface area contributed by atoms with E-state index in [4.69, 9.17) is 4.74 Å². The minimum atomic E-state index is 0.117. The van der Waals surface area contributed by atoms with E-state index in [0.29, 0.717) is 12.5 Å². The summed E-state index contributed by atoms with van der Waals surface area (Å²) >= 11 is 3.61. The Morgan fingerprint density at radius 2 is 2.05 bits per heavy atom. The first kappa shape index (κ1) is 16.0. The number of halogens is 1. The summed E-state index contributed by atoms with van der Waals surface area (Å²) in [5.41, 5.74) is 3.46. The number of aryl methyl sites for hydroxylation is 1. The van der Waals surface area contributed by atoms with Gasteiger partial charge in [-0.05, 0) is 39.3 Å². The molecule has 4 nitrogen and oxygen atoms in total. The summed E-state index contributed by atoms with van der Waals surface area (Å²) in [5.74, 6) is 0.623. The fourth-order valence-electron chi connectivity index (χ4n) is 1.80. The topological polar surface area (TPSA) is 49.9 Å². The molecule has 2 aromatic rings. The molecule has 0 bridgehead atoms. The molecule has 21 heavy (non-hydrogen) atoms. The zero-order valence-corrected chi connectivity index (χ0v) is 14.5. The van der Waals surface area contributed by atoms with Gasteiger partial charge in [0.05, 0.1) is 0 Å². The smallest absolute Gasteiger partial charge is 0.233 e. The Bertz CT molecular complexity index is 602. The van der Waals surface area contributed by atoms with Crippen LogP contribution in [0.15, 0.2) is 28.7 Å². The number of nitrogens with zero attached hydrogens (tertiary/aromatic N) is 1. The fourth-order valence-corrected chi connectivity index (χ4v) is 2.34. The standard InChI is InChI=1S/C16H22BrN3O/c1-11-7-15(20-19-11)21-10-13-6-5-12(8-14(13)17)9-18-16(2,3)4/h5-8,18H,9-10H2,1-4H3,(H,19,20). The number of hydrogen-bond donors (Lipinski definition) is 2. The second kappa shape index (κ2) is 6.62. The van der Waals surface area contributed by atoms with Crippen molar-refractivity contribution in [1.82, 2.24) is 15.5 Å². The van der Waals surface area contributed by atoms with E-state index in [-0.39, 0.29) is 5.54 Å². The number of aromatic amines is 1. The van der Waals surface area contributed by atoms with E-state index in [1.54, 1.807) is 0 Å². The van der Waals surface area contributed by atoms with E-state index in [0.717, 1.165) is 22.3 Å². The van der Waals surface area contributed by atoms with Crippen molar-refractivity contribution in [2.75, 3.05) is 0 Å². The van der Waals surface area contributed by atoms with E-state index in [9.17, 15) is 0 Å². The van der Waals surface area contributed by atoms with Gasteiger partial charge in [0.1, 0.15) is 6.61 Å². The number of benzene rings is 1. The van der Waals surface area contributed by atoms with Crippen molar-refractivity contribution in [2.24, 2.45) is 0 Å². The minimum absolute atomic E-state index is 0.117. The van der Waals surface area contributed by atoms with Crippen LogP contribution in [0.25, 0.3) is 0 Å². The molecule has 0 atom stereocenters. The van der Waals surface area contributed by atoms with Gasteiger partial charge in [-0.25, -0.2) is 0 Å². The van der Waals surface area contributed by atoms with Crippen LogP contribution in [0.1, 0.15) is 37.6 Å². The predicted molar refractivity (Wildman–Crippen MR) is 88.4 cm³/mol. The Hall–Kier alpha value is -1.33. The minimum Gasteiger partial charge on any atom is -0.472 e. The van der Waals surface area contributed by atoms with E-state index < -0.39 is 0 Å². The summed E-state index contributed by atoms with van der Waals surface area (Å²) in [6.07, 6.45) is 0. The van der Waals surface area contributed by atoms with Gasteiger partial charge in [0, 0.05) is 33.9 Å². The third-order valence-corrected chi connectivity index (χ3v) is 3.74. The van der Waals surface area contributed by atoms with Crippen molar-refractivity contribution in [3.05, 3.63) is 45.6 Å². The average molecular weight is 352 g/mol. The molecule has 0 spiro atoms. The second-order valence-corrected chi connectivity index (χ2v) is 7.06. The Morgan fingerprint density at radius 1 is 1.29 bits per heavy atom. The second-order valence-electron chi connectivity index (χ2n) is 6.21. The van der Waals surface area contributed by atoms with Crippen molar-refractivity contribution < 1.29 is 4.74 Å². The maximum atomic E-state index is 5.66. The van der Waals surface area contributed by atoms with Crippen LogP contribution in [0, 0.1) is 6.92 Å². The molecule has 2 rings (SSSR count). The SMILES string of the molecule is Cc1cc(OCc2ccc(CNC(C)(C)C)cc2Br)n[nH]1. The summed E-state index contributed by atoms with van der Waals surface area (Å²) in [6.45, 7) is 9.79. The number of rotatable bonds is 5. The molecule has 2 N–H and O–H groups in total. The van der Waals surface area contributed by atoms with Crippen LogP contribution in [0.3, 0.4) is 0 Å². The van der Waals surface area contributed by atoms with Crippen molar-refractivity contribution in [3.63, 3.8) is 0 Å². The molecule has 1 aromatic heterocycles. The molecule has 0 fully saturated rings. The lowest BCUT2D eigenvalue weighted by Gasteiger charge is -2.20. The highest BCUT2D eigenvalue weighted by molar-refractivity contribution is 9.10. The van der Waals surface area contributed by atoms with Crippen LogP contribution in [0.5, 0.6) is 5.88 Å². The Labute approximate surface area is 134 Å². The maximum Gasteiger partial charge on any atom is 0.233 e. The molecule has 5 heteroatoms. The number of ether oxygens (including phenoxy) is 1. The van der Waals surface area contributed by atoms with E-state index >= 15 is 0 Å². The van der Waals surface area contributed by atoms with Crippen LogP contribution in [0.2, 0.25) is 0 Å². The van der Waals surface area contributed by atoms with Crippen LogP contribution in [-0.4, -0.2) is 15.7 Å². The first-order valence-corrected chi connectivity index (χ1v) is 7.80. The monoisotopic (exact) mass is 351 g/mol. The first-order chi connectivity index (χ1) is 9.83. The van der Waals surface area contributed by atoms with Gasteiger partial charge >= 0.3 is 0 Å². The van der Waals surface area contributed by atoms with E-state index in [1.807, 2.05) is 13.0 Å². The molecule has 0 aliphatic carbocycles. The van der Waals surface area contributed by atoms with Crippen LogP contribution < -0.4 is 10.1 Å². The Morgan fingerprint density at radius 3 is 2.62 bits per heavy atom. The van der Waals surface area contributed by atoms with Gasteiger partial charge in [-0.1, -0.05) is 28.1 Å². The number of nitrogens with one attached hydrogen (secondary N) is 2. The van der Waals surface area contributed by atoms with Gasteiger partial charge in [-0.15, -0.1) is 5.10 Å². The molecule has 1 aromatic carbocycles. The van der Waals surface area contributed by atoms with Crippen molar-refractivity contribution >= 4 is 15.9 Å². The Kier molecular flexibility index (Phi) is 5.06. The zero-order valence-electron chi connectivity index (χ0n) is 13.0. The lowest BCUT2D eigenvalue weighted by molar-refractivity contribution is 0.292. The van der Waals surface area contributed by atoms with Crippen molar-refractivity contribution in [3.8, 4) is 5.88 Å². The van der Waals surface area contributed by atoms with Gasteiger partial charge < -0.3 is 10.1 Å². The lowest BCUT2D eigenvalue weighted by atomic mass is 10.1. The van der Waals surface area contributed by atoms with Gasteiger partial charge in [-0.2, -0.15) is 0 Å². The van der Waals surface area contributed by atoms with Crippen molar-refractivity contribution in [2.45, 2.75) is 46.4 Å². The highest BCUT2D eigenvalue weighted by Crippen LogP contribution is 2.21. The molecule has 0 saturated carbocycles. The quantitative estimate of drug-likeness (QED) is 0.857. The molecule has 0 aliphatic heterocycles. The molecular weight excluding hydrogens is 330 g/mol. The molecule has 0 aliphatic rings. The summed E-state index contributed by atoms with van der Waals surface area (Å²) < 4.78 is 6.72. The van der Waals surface area contributed by atoms with Crippen LogP contribution >= 0.6 is 15.9 Å². The average Bonchev–Trinajstić information content (AvgIpc) is 2.80. The fraction of sp³-hybridized carbons (Fsp3) is 0.438. The predicted octanol–water partition coefficient (Wildman–Crippen LogP) is 3.95. The molecule has 0 amide bonds. The molecule has 1 heterocycles. The Balaban J connectivity index is 1.95. The number of aromatic nitrogens is 2. The summed E-state index contributed by atoms with van der Waals surface area (Å²) in [4.78, 5) is 0. The first-order valence-electron chi connectivity index (χ1n) is 7.01. The van der Waals surface area contributed by atoms with E-state index in [2.05, 4.69) is 70.4 Å². The molecule has 114 valence electrons. The molecular formula is C16H22BrN3O. The summed E-state index contributed by atoms with van der Waals surface area (Å²) in [6, 6.07) is 8.23. The number of H-pyrrole nitrogens is 1. The highest BCUT2D eigenvalue weighted by Gasteiger charge is 2.09. The van der Waals surface area contributed by atoms with Gasteiger partial charge in [-0.3, -0.25) is 5.10 Å². The summed E-state index contributed by atoms with van der Waals surface area (Å²) in [5, 5.41) is 10.4. The normalized spacial score (nSPS) is 11.7. The van der Waals surface area contributed by atoms with E-state index in [1.165, 1.54) is 5.56 Å². The molecule has 0 radical (unpaired) electrons. The van der Waals surface area contributed by atoms with Crippen LogP contribution in [0.4, 0.5) is 0 Å². The third-order valence-electron chi connectivity index (χ3n) is 3.00. The van der Waals surface area contributed by atoms with Gasteiger partial charge in [0.25, 0.3) is 0 Å². The van der Waals surface area contributed by atoms with Crippen molar-refractivity contribution in [1.29, 1.82) is 0 Å². The van der Waals surface area contributed by atoms with Crippen LogP contribution in [-0.2, 0) is 13.2 Å². The van der Waals surface area contributed by atoms with Gasteiger partial charge in [0.15, 0.2) is 0 Å². The maximum absolute atomic E-state index is 5.66. The zero-order chi connectivity index (χ0) is 15.5. The summed E-state index contributed by atoms with van der Waals surface area (Å²) in [7, 11) is 0. The molecule has 0 unspecified atom stereocenters. The lowest BCUT2D eigenvalue weighted by Crippen LogP contribution is -2.35. The number of hydrogen-bond acceptors (Lipinski definition) is 3. The highest BCUT2D eigenvalue weighted by atomic mass is 79.9. The third kappa shape index (κ3) is 5.17. The largest absolute Gasteiger partial charge is 0.472 e. The molecule has 0 saturated heterocycles. The van der Waals surface area contributed by atoms with Gasteiger partial charge in [0.2, 0.25) is 5.88 Å².